The summed E-state index contributed by atoms with van der Waals surface area (Å²) < 4.78 is 1.80. The van der Waals surface area contributed by atoms with E-state index in [4.69, 9.17) is 16.7 Å². The molecule has 1 aromatic rings. The summed E-state index contributed by atoms with van der Waals surface area (Å²) in [6.45, 7) is 0.417. The fraction of sp³-hybridized carbons (Fsp3) is 0.556. The number of halogens is 1. The Balaban J connectivity index is 2.13. The first-order valence-electron chi connectivity index (χ1n) is 4.61. The van der Waals surface area contributed by atoms with Crippen LogP contribution in [-0.4, -0.2) is 20.6 Å². The maximum Gasteiger partial charge on any atom is 0.305 e. The molecule has 1 saturated carbocycles. The minimum Gasteiger partial charge on any atom is -0.481 e. The molecule has 0 radical (unpaired) electrons. The van der Waals surface area contributed by atoms with Crippen LogP contribution in [0.1, 0.15) is 31.0 Å². The molecule has 5 heteroatoms. The molecular weight excluding hydrogens is 204 g/mol. The molecule has 1 fully saturated rings. The summed E-state index contributed by atoms with van der Waals surface area (Å²) in [4.78, 5) is 14.6. The maximum absolute atomic E-state index is 10.4. The number of imidazole rings is 1. The van der Waals surface area contributed by atoms with Crippen molar-refractivity contribution in [2.75, 3.05) is 0 Å². The Labute approximate surface area is 86.5 Å². The number of aromatic nitrogens is 2. The van der Waals surface area contributed by atoms with Crippen molar-refractivity contribution in [2.45, 2.75) is 31.7 Å². The molecule has 0 bridgehead atoms. The van der Waals surface area contributed by atoms with Crippen LogP contribution in [0.4, 0.5) is 0 Å². The summed E-state index contributed by atoms with van der Waals surface area (Å²) in [5.41, 5.74) is 0. The van der Waals surface area contributed by atoms with E-state index in [2.05, 4.69) is 4.98 Å². The first-order valence-corrected chi connectivity index (χ1v) is 4.99. The van der Waals surface area contributed by atoms with Gasteiger partial charge in [0.2, 0.25) is 0 Å². The lowest BCUT2D eigenvalue weighted by atomic mass is 10.3. The lowest BCUT2D eigenvalue weighted by molar-refractivity contribution is -0.137. The first kappa shape index (κ1) is 9.52. The van der Waals surface area contributed by atoms with Crippen molar-refractivity contribution >= 4 is 17.6 Å². The standard InChI is InChI=1S/C9H11ClN2O2/c10-7-5-11-9(6-1-2-6)12(7)4-3-8(13)14/h5-6H,1-4H2,(H,13,14). The summed E-state index contributed by atoms with van der Waals surface area (Å²) in [5, 5.41) is 9.11. The number of nitrogens with zero attached hydrogens (tertiary/aromatic N) is 2. The van der Waals surface area contributed by atoms with E-state index >= 15 is 0 Å². The Kier molecular flexibility index (Phi) is 2.46. The van der Waals surface area contributed by atoms with Crippen LogP contribution in [0, 0.1) is 0 Å². The summed E-state index contributed by atoms with van der Waals surface area (Å²) in [5.74, 6) is 0.629. The number of carbonyl (C=O) groups is 1. The monoisotopic (exact) mass is 214 g/mol. The molecule has 0 unspecified atom stereocenters. The molecule has 0 aromatic carbocycles. The number of carboxylic acid groups (broad SMARTS) is 1. The molecule has 14 heavy (non-hydrogen) atoms. The molecule has 0 amide bonds. The Bertz CT molecular complexity index is 358. The molecule has 2 rings (SSSR count). The smallest absolute Gasteiger partial charge is 0.305 e. The molecule has 0 atom stereocenters. The third-order valence-corrected chi connectivity index (χ3v) is 2.63. The number of hydrogen-bond acceptors (Lipinski definition) is 2. The van der Waals surface area contributed by atoms with Crippen LogP contribution >= 0.6 is 11.6 Å². The van der Waals surface area contributed by atoms with Gasteiger partial charge < -0.3 is 9.67 Å². The second-order valence-corrected chi connectivity index (χ2v) is 3.90. The first-order chi connectivity index (χ1) is 6.68. The highest BCUT2D eigenvalue weighted by Gasteiger charge is 2.29. The quantitative estimate of drug-likeness (QED) is 0.833. The maximum atomic E-state index is 10.4. The average Bonchev–Trinajstić information content (AvgIpc) is 2.88. The van der Waals surface area contributed by atoms with Gasteiger partial charge in [-0.2, -0.15) is 0 Å². The van der Waals surface area contributed by atoms with Crippen molar-refractivity contribution in [3.63, 3.8) is 0 Å². The zero-order valence-electron chi connectivity index (χ0n) is 7.61. The van der Waals surface area contributed by atoms with E-state index in [1.54, 1.807) is 10.8 Å². The van der Waals surface area contributed by atoms with Crippen LogP contribution in [0.3, 0.4) is 0 Å². The van der Waals surface area contributed by atoms with Gasteiger partial charge in [-0.05, 0) is 12.8 Å². The van der Waals surface area contributed by atoms with E-state index in [1.807, 2.05) is 0 Å². The second-order valence-electron chi connectivity index (χ2n) is 3.51. The minimum atomic E-state index is -0.809. The van der Waals surface area contributed by atoms with Crippen LogP contribution in [0.15, 0.2) is 6.20 Å². The lowest BCUT2D eigenvalue weighted by Crippen LogP contribution is -2.07. The Morgan fingerprint density at radius 1 is 1.71 bits per heavy atom. The molecule has 76 valence electrons. The molecule has 1 aliphatic carbocycles. The SMILES string of the molecule is O=C(O)CCn1c(Cl)cnc1C1CC1. The lowest BCUT2D eigenvalue weighted by Gasteiger charge is -2.05. The van der Waals surface area contributed by atoms with Crippen LogP contribution < -0.4 is 0 Å². The molecule has 1 N–H and O–H groups in total. The summed E-state index contributed by atoms with van der Waals surface area (Å²) in [6.07, 6.45) is 3.97. The van der Waals surface area contributed by atoms with Gasteiger partial charge in [0.15, 0.2) is 0 Å². The van der Waals surface area contributed by atoms with E-state index < -0.39 is 5.97 Å². The highest BCUT2D eigenvalue weighted by atomic mass is 35.5. The van der Waals surface area contributed by atoms with Gasteiger partial charge in [-0.15, -0.1) is 0 Å². The topological polar surface area (TPSA) is 55.1 Å². The van der Waals surface area contributed by atoms with Crippen molar-refractivity contribution in [3.05, 3.63) is 17.2 Å². The minimum absolute atomic E-state index is 0.0931. The van der Waals surface area contributed by atoms with Gasteiger partial charge in [-0.3, -0.25) is 4.79 Å². The fourth-order valence-electron chi connectivity index (χ4n) is 1.46. The number of rotatable bonds is 4. The molecule has 0 spiro atoms. The van der Waals surface area contributed by atoms with Gasteiger partial charge in [0.05, 0.1) is 12.6 Å². The van der Waals surface area contributed by atoms with E-state index in [0.717, 1.165) is 18.7 Å². The van der Waals surface area contributed by atoms with Crippen molar-refractivity contribution < 1.29 is 9.90 Å². The van der Waals surface area contributed by atoms with Gasteiger partial charge in [0.25, 0.3) is 0 Å². The highest BCUT2D eigenvalue weighted by molar-refractivity contribution is 6.29. The van der Waals surface area contributed by atoms with Gasteiger partial charge >= 0.3 is 5.97 Å². The zero-order valence-corrected chi connectivity index (χ0v) is 8.37. The number of carboxylic acids is 1. The Morgan fingerprint density at radius 2 is 2.43 bits per heavy atom. The summed E-state index contributed by atoms with van der Waals surface area (Å²) >= 11 is 5.91. The predicted octanol–water partition coefficient (Wildman–Crippen LogP) is 1.89. The van der Waals surface area contributed by atoms with Crippen molar-refractivity contribution in [1.82, 2.24) is 9.55 Å². The number of aliphatic carboxylic acids is 1. The largest absolute Gasteiger partial charge is 0.481 e. The van der Waals surface area contributed by atoms with Crippen LogP contribution in [0.2, 0.25) is 5.15 Å². The van der Waals surface area contributed by atoms with Crippen molar-refractivity contribution in [3.8, 4) is 0 Å². The van der Waals surface area contributed by atoms with Crippen LogP contribution in [0.25, 0.3) is 0 Å². The molecule has 1 aliphatic rings. The van der Waals surface area contributed by atoms with Gasteiger partial charge in [0.1, 0.15) is 11.0 Å². The van der Waals surface area contributed by atoms with Gasteiger partial charge in [-0.1, -0.05) is 11.6 Å². The van der Waals surface area contributed by atoms with E-state index in [9.17, 15) is 4.79 Å². The fourth-order valence-corrected chi connectivity index (χ4v) is 1.68. The summed E-state index contributed by atoms with van der Waals surface area (Å²) in [6, 6.07) is 0. The zero-order chi connectivity index (χ0) is 10.1. The molecule has 1 heterocycles. The van der Waals surface area contributed by atoms with Crippen molar-refractivity contribution in [2.24, 2.45) is 0 Å². The van der Waals surface area contributed by atoms with Gasteiger partial charge in [0, 0.05) is 12.5 Å². The highest BCUT2D eigenvalue weighted by Crippen LogP contribution is 2.40. The molecular formula is C9H11ClN2O2. The third-order valence-electron chi connectivity index (χ3n) is 2.33. The second kappa shape index (κ2) is 3.61. The molecule has 0 saturated heterocycles. The number of hydrogen-bond donors (Lipinski definition) is 1. The van der Waals surface area contributed by atoms with E-state index in [-0.39, 0.29) is 6.42 Å². The van der Waals surface area contributed by atoms with Gasteiger partial charge in [-0.25, -0.2) is 4.98 Å². The van der Waals surface area contributed by atoms with Crippen molar-refractivity contribution in [1.29, 1.82) is 0 Å². The predicted molar refractivity (Wildman–Crippen MR) is 51.5 cm³/mol. The summed E-state index contributed by atoms with van der Waals surface area (Å²) in [7, 11) is 0. The molecule has 0 aliphatic heterocycles. The third kappa shape index (κ3) is 1.90. The molecule has 4 nitrogen and oxygen atoms in total. The Morgan fingerprint density at radius 3 is 3.00 bits per heavy atom. The average molecular weight is 215 g/mol. The molecule has 1 aromatic heterocycles. The Hall–Kier alpha value is -1.03. The van der Waals surface area contributed by atoms with Crippen LogP contribution in [0.5, 0.6) is 0 Å². The van der Waals surface area contributed by atoms with E-state index in [1.165, 1.54) is 0 Å². The van der Waals surface area contributed by atoms with Crippen LogP contribution in [-0.2, 0) is 11.3 Å². The van der Waals surface area contributed by atoms with E-state index in [0.29, 0.717) is 17.6 Å². The normalized spacial score (nSPS) is 15.8.